The van der Waals surface area contributed by atoms with E-state index in [1.807, 2.05) is 48.5 Å². The number of nitrogens with zero attached hydrogens (tertiary/aromatic N) is 2. The van der Waals surface area contributed by atoms with Gasteiger partial charge in [-0.15, -0.1) is 0 Å². The van der Waals surface area contributed by atoms with Crippen LogP contribution in [0, 0.1) is 9.39 Å². The molecule has 6 rings (SSSR count). The van der Waals surface area contributed by atoms with Crippen LogP contribution in [0.5, 0.6) is 5.75 Å². The highest BCUT2D eigenvalue weighted by Crippen LogP contribution is 2.36. The lowest BCUT2D eigenvalue weighted by atomic mass is 9.93. The van der Waals surface area contributed by atoms with Gasteiger partial charge in [0.05, 0.1) is 42.1 Å². The molecule has 0 saturated carbocycles. The van der Waals surface area contributed by atoms with Crippen molar-refractivity contribution in [3.8, 4) is 5.75 Å². The molecule has 12 heteroatoms. The van der Waals surface area contributed by atoms with Crippen LogP contribution in [0.15, 0.2) is 105 Å². The molecule has 6 nitrogen and oxygen atoms in total. The number of fused-ring (bicyclic) bond motifs is 1. The van der Waals surface area contributed by atoms with Crippen LogP contribution in [-0.2, 0) is 16.1 Å². The van der Waals surface area contributed by atoms with Crippen LogP contribution in [0.4, 0.5) is 4.39 Å². The minimum Gasteiger partial charge on any atom is -0.487 e. The van der Waals surface area contributed by atoms with Gasteiger partial charge in [0, 0.05) is 15.6 Å². The zero-order valence-corrected chi connectivity index (χ0v) is 30.5. The Hall–Kier alpha value is -3.29. The Morgan fingerprint density at radius 2 is 1.81 bits per heavy atom. The van der Waals surface area contributed by atoms with Crippen LogP contribution >= 0.6 is 73.1 Å². The molecule has 0 spiro atoms. The van der Waals surface area contributed by atoms with Gasteiger partial charge in [0.2, 0.25) is 0 Å². The summed E-state index contributed by atoms with van der Waals surface area (Å²) in [4.78, 5) is 33.2. The van der Waals surface area contributed by atoms with Gasteiger partial charge in [0.15, 0.2) is 4.80 Å². The van der Waals surface area contributed by atoms with Crippen molar-refractivity contribution in [3.63, 3.8) is 0 Å². The lowest BCUT2D eigenvalue weighted by Gasteiger charge is -2.25. The molecule has 1 aromatic heterocycles. The molecule has 5 aromatic rings. The average molecular weight is 864 g/mol. The fourth-order valence-electron chi connectivity index (χ4n) is 5.17. The normalized spacial score (nSPS) is 14.5. The fraction of sp³-hybridized carbons (Fsp3) is 0.114. The van der Waals surface area contributed by atoms with Crippen LogP contribution in [-0.4, -0.2) is 17.1 Å². The maximum Gasteiger partial charge on any atom is 0.338 e. The SMILES string of the molecule is CCOC(=O)C1=C(c2ccccc2)N=c2s/c(=C\c3cc(Br)cc(I)c3OCc3ccc(Cl)c(Cl)c3)c(=O)n2[C@H]1c1ccc(F)cc1. The summed E-state index contributed by atoms with van der Waals surface area (Å²) in [6, 6.07) is 23.1. The summed E-state index contributed by atoms with van der Waals surface area (Å²) in [6.07, 6.45) is 1.75. The monoisotopic (exact) mass is 862 g/mol. The topological polar surface area (TPSA) is 69.9 Å². The molecule has 0 bridgehead atoms. The first-order chi connectivity index (χ1) is 22.6. The van der Waals surface area contributed by atoms with Gasteiger partial charge in [0.1, 0.15) is 18.2 Å². The number of hydrogen-bond donors (Lipinski definition) is 0. The van der Waals surface area contributed by atoms with E-state index in [9.17, 15) is 14.0 Å². The maximum absolute atomic E-state index is 14.3. The number of carbonyl (C=O) groups is 1. The molecule has 1 aliphatic heterocycles. The summed E-state index contributed by atoms with van der Waals surface area (Å²) in [5, 5.41) is 0.873. The number of benzene rings is 4. The molecule has 0 amide bonds. The first kappa shape index (κ1) is 33.6. The highest BCUT2D eigenvalue weighted by atomic mass is 127. The second-order valence-corrected chi connectivity index (χ2v) is 14.2. The lowest BCUT2D eigenvalue weighted by Crippen LogP contribution is -2.40. The third-order valence-electron chi connectivity index (χ3n) is 7.25. The number of aromatic nitrogens is 1. The van der Waals surface area contributed by atoms with Crippen LogP contribution < -0.4 is 19.6 Å². The van der Waals surface area contributed by atoms with Crippen LogP contribution in [0.2, 0.25) is 10.0 Å². The zero-order valence-electron chi connectivity index (χ0n) is 24.5. The van der Waals surface area contributed by atoms with E-state index in [0.29, 0.717) is 47.5 Å². The van der Waals surface area contributed by atoms with Crippen molar-refractivity contribution in [1.82, 2.24) is 4.57 Å². The highest BCUT2D eigenvalue weighted by molar-refractivity contribution is 14.1. The van der Waals surface area contributed by atoms with E-state index < -0.39 is 17.8 Å². The van der Waals surface area contributed by atoms with Crippen LogP contribution in [0.25, 0.3) is 11.8 Å². The minimum absolute atomic E-state index is 0.123. The second-order valence-electron chi connectivity index (χ2n) is 10.3. The Balaban J connectivity index is 1.54. The first-order valence-electron chi connectivity index (χ1n) is 14.2. The number of carbonyl (C=O) groups excluding carboxylic acids is 1. The van der Waals surface area contributed by atoms with Crippen molar-refractivity contribution >= 4 is 90.8 Å². The second kappa shape index (κ2) is 14.4. The summed E-state index contributed by atoms with van der Waals surface area (Å²) in [6.45, 7) is 2.05. The summed E-state index contributed by atoms with van der Waals surface area (Å²) in [5.41, 5.74) is 2.89. The van der Waals surface area contributed by atoms with Gasteiger partial charge in [-0.1, -0.05) is 99.0 Å². The molecule has 238 valence electrons. The number of hydrogen-bond acceptors (Lipinski definition) is 6. The molecule has 0 saturated heterocycles. The van der Waals surface area contributed by atoms with E-state index in [4.69, 9.17) is 37.7 Å². The minimum atomic E-state index is -0.920. The molecular formula is C35H23BrCl2FIN2O4S. The first-order valence-corrected chi connectivity index (χ1v) is 17.7. The van der Waals surface area contributed by atoms with Gasteiger partial charge in [-0.05, 0) is 83.1 Å². The predicted molar refractivity (Wildman–Crippen MR) is 195 cm³/mol. The number of esters is 1. The maximum atomic E-state index is 14.3. The molecule has 0 fully saturated rings. The zero-order chi connectivity index (χ0) is 33.2. The van der Waals surface area contributed by atoms with Gasteiger partial charge < -0.3 is 9.47 Å². The van der Waals surface area contributed by atoms with Gasteiger partial charge in [0.25, 0.3) is 5.56 Å². The molecule has 2 heterocycles. The Bertz CT molecular complexity index is 2220. The molecule has 4 aromatic carbocycles. The predicted octanol–water partition coefficient (Wildman–Crippen LogP) is 8.33. The molecule has 1 atom stereocenters. The van der Waals surface area contributed by atoms with Gasteiger partial charge >= 0.3 is 5.97 Å². The highest BCUT2D eigenvalue weighted by Gasteiger charge is 2.35. The Kier molecular flexibility index (Phi) is 10.3. The molecule has 0 N–H and O–H groups in total. The van der Waals surface area contributed by atoms with Crippen molar-refractivity contribution in [1.29, 1.82) is 0 Å². The van der Waals surface area contributed by atoms with E-state index in [-0.39, 0.29) is 24.3 Å². The van der Waals surface area contributed by atoms with Crippen LogP contribution in [0.3, 0.4) is 0 Å². The van der Waals surface area contributed by atoms with Crippen molar-refractivity contribution in [2.24, 2.45) is 4.99 Å². The molecular weight excluding hydrogens is 841 g/mol. The molecule has 0 aliphatic carbocycles. The Morgan fingerprint density at radius 1 is 1.06 bits per heavy atom. The lowest BCUT2D eigenvalue weighted by molar-refractivity contribution is -0.138. The van der Waals surface area contributed by atoms with Crippen molar-refractivity contribution in [2.45, 2.75) is 19.6 Å². The van der Waals surface area contributed by atoms with E-state index >= 15 is 0 Å². The smallest absolute Gasteiger partial charge is 0.338 e. The van der Waals surface area contributed by atoms with E-state index in [1.54, 1.807) is 37.3 Å². The van der Waals surface area contributed by atoms with Gasteiger partial charge in [-0.2, -0.15) is 0 Å². The van der Waals surface area contributed by atoms with Crippen molar-refractivity contribution in [3.05, 3.63) is 156 Å². The van der Waals surface area contributed by atoms with E-state index in [0.717, 1.165) is 13.6 Å². The Morgan fingerprint density at radius 3 is 2.51 bits per heavy atom. The summed E-state index contributed by atoms with van der Waals surface area (Å²) < 4.78 is 29.3. The third kappa shape index (κ3) is 7.12. The van der Waals surface area contributed by atoms with E-state index in [1.165, 1.54) is 28.0 Å². The summed E-state index contributed by atoms with van der Waals surface area (Å²) in [5.74, 6) is -0.486. The summed E-state index contributed by atoms with van der Waals surface area (Å²) in [7, 11) is 0. The number of halogens is 5. The Labute approximate surface area is 305 Å². The molecule has 1 aliphatic rings. The largest absolute Gasteiger partial charge is 0.487 e. The van der Waals surface area contributed by atoms with Crippen molar-refractivity contribution in [2.75, 3.05) is 6.61 Å². The molecule has 47 heavy (non-hydrogen) atoms. The fourth-order valence-corrected chi connectivity index (χ4v) is 8.19. The standard InChI is InChI=1S/C35H23BrCl2FIN2O4S/c1-2-45-34(44)29-30(20-6-4-3-5-7-20)41-35-42(31(29)21-9-11-24(39)12-10-21)33(43)28(47-35)16-22-15-23(36)17-27(40)32(22)46-18-19-8-13-25(37)26(38)14-19/h3-17,31H,2,18H2,1H3/b28-16-/t31-/m0/s1. The summed E-state index contributed by atoms with van der Waals surface area (Å²) >= 11 is 19.2. The molecule has 0 radical (unpaired) electrons. The number of rotatable bonds is 8. The average Bonchev–Trinajstić information content (AvgIpc) is 3.36. The number of thiazole rings is 1. The van der Waals surface area contributed by atoms with Crippen molar-refractivity contribution < 1.29 is 18.7 Å². The van der Waals surface area contributed by atoms with Gasteiger partial charge in [-0.3, -0.25) is 9.36 Å². The number of ether oxygens (including phenoxy) is 2. The quantitative estimate of drug-likeness (QED) is 0.116. The molecule has 0 unspecified atom stereocenters. The third-order valence-corrected chi connectivity index (χ3v) is 10.2. The van der Waals surface area contributed by atoms with E-state index in [2.05, 4.69) is 38.5 Å². The van der Waals surface area contributed by atoms with Crippen LogP contribution in [0.1, 0.15) is 35.2 Å². The van der Waals surface area contributed by atoms with Gasteiger partial charge in [-0.25, -0.2) is 14.2 Å².